The quantitative estimate of drug-likeness (QED) is 0.720. The summed E-state index contributed by atoms with van der Waals surface area (Å²) in [5, 5.41) is 2.70. The highest BCUT2D eigenvalue weighted by Crippen LogP contribution is 2.33. The Kier molecular flexibility index (Phi) is 2.08. The van der Waals surface area contributed by atoms with Crippen LogP contribution in [0.3, 0.4) is 0 Å². The molecule has 1 N–H and O–H groups in total. The number of carbonyl (C=O) groups is 2. The molecular weight excluding hydrogens is 178 g/mol. The van der Waals surface area contributed by atoms with E-state index in [0.717, 1.165) is 11.3 Å². The van der Waals surface area contributed by atoms with Crippen LogP contribution in [0.4, 0.5) is 5.69 Å². The second kappa shape index (κ2) is 3.25. The number of nitrogens with one attached hydrogen (secondary N) is 1. The topological polar surface area (TPSA) is 46.2 Å². The minimum absolute atomic E-state index is 0.0209. The fourth-order valence-corrected chi connectivity index (χ4v) is 1.73. The third-order valence-electron chi connectivity index (χ3n) is 2.46. The van der Waals surface area contributed by atoms with Gasteiger partial charge in [0.05, 0.1) is 0 Å². The first-order valence-corrected chi connectivity index (χ1v) is 4.66. The monoisotopic (exact) mass is 189 g/mol. The van der Waals surface area contributed by atoms with E-state index in [1.807, 2.05) is 24.3 Å². The van der Waals surface area contributed by atoms with Crippen LogP contribution in [0.25, 0.3) is 0 Å². The Morgan fingerprint density at radius 3 is 2.86 bits per heavy atom. The van der Waals surface area contributed by atoms with Crippen molar-refractivity contribution in [2.75, 3.05) is 5.32 Å². The zero-order valence-electron chi connectivity index (χ0n) is 7.91. The number of benzene rings is 1. The summed E-state index contributed by atoms with van der Waals surface area (Å²) >= 11 is 0. The minimum Gasteiger partial charge on any atom is -0.325 e. The third-order valence-corrected chi connectivity index (χ3v) is 2.46. The molecule has 2 rings (SSSR count). The molecule has 0 aliphatic carbocycles. The molecule has 1 atom stereocenters. The molecule has 1 aliphatic rings. The van der Waals surface area contributed by atoms with Gasteiger partial charge in [0, 0.05) is 12.1 Å². The number of hydrogen-bond acceptors (Lipinski definition) is 2. The van der Waals surface area contributed by atoms with Crippen molar-refractivity contribution in [1.29, 1.82) is 0 Å². The van der Waals surface area contributed by atoms with Crippen molar-refractivity contribution in [2.24, 2.45) is 0 Å². The van der Waals surface area contributed by atoms with Crippen molar-refractivity contribution in [3.05, 3.63) is 29.8 Å². The first-order chi connectivity index (χ1) is 6.74. The molecule has 1 heterocycles. The van der Waals surface area contributed by atoms with Crippen LogP contribution < -0.4 is 5.32 Å². The molecule has 1 unspecified atom stereocenters. The van der Waals surface area contributed by atoms with E-state index in [1.165, 1.54) is 0 Å². The lowest BCUT2D eigenvalue weighted by Crippen LogP contribution is -2.19. The Balaban J connectivity index is 2.44. The molecule has 14 heavy (non-hydrogen) atoms. The molecule has 1 aliphatic heterocycles. The van der Waals surface area contributed by atoms with E-state index in [4.69, 9.17) is 0 Å². The third kappa shape index (κ3) is 1.21. The van der Waals surface area contributed by atoms with Crippen LogP contribution >= 0.6 is 0 Å². The number of rotatable bonds is 2. The summed E-state index contributed by atoms with van der Waals surface area (Å²) in [7, 11) is 0. The second-order valence-corrected chi connectivity index (χ2v) is 3.33. The van der Waals surface area contributed by atoms with Crippen molar-refractivity contribution in [2.45, 2.75) is 19.3 Å². The number of ketones is 1. The van der Waals surface area contributed by atoms with Crippen LogP contribution in [-0.2, 0) is 9.59 Å². The van der Waals surface area contributed by atoms with Crippen molar-refractivity contribution in [1.82, 2.24) is 0 Å². The summed E-state index contributed by atoms with van der Waals surface area (Å²) in [5.41, 5.74) is 1.58. The Morgan fingerprint density at radius 1 is 1.43 bits per heavy atom. The number of anilines is 1. The van der Waals surface area contributed by atoms with Crippen molar-refractivity contribution in [3.8, 4) is 0 Å². The smallest absolute Gasteiger partial charge is 0.239 e. The SMILES string of the molecule is CCC(=O)C1C(=O)Nc2ccccc21. The highest BCUT2D eigenvalue weighted by atomic mass is 16.2. The first kappa shape index (κ1) is 8.94. The summed E-state index contributed by atoms with van der Waals surface area (Å²) in [4.78, 5) is 23.0. The molecule has 72 valence electrons. The van der Waals surface area contributed by atoms with Gasteiger partial charge in [0.2, 0.25) is 5.91 Å². The van der Waals surface area contributed by atoms with Gasteiger partial charge in [-0.05, 0) is 11.6 Å². The lowest BCUT2D eigenvalue weighted by Gasteiger charge is -2.04. The van der Waals surface area contributed by atoms with Gasteiger partial charge in [0.25, 0.3) is 0 Å². The second-order valence-electron chi connectivity index (χ2n) is 3.33. The van der Waals surface area contributed by atoms with Crippen LogP contribution in [0, 0.1) is 0 Å². The zero-order valence-corrected chi connectivity index (χ0v) is 7.91. The van der Waals surface area contributed by atoms with Gasteiger partial charge < -0.3 is 5.32 Å². The Labute approximate surface area is 82.1 Å². The maximum absolute atomic E-state index is 11.5. The minimum atomic E-state index is -0.587. The summed E-state index contributed by atoms with van der Waals surface area (Å²) in [6, 6.07) is 7.33. The first-order valence-electron chi connectivity index (χ1n) is 4.66. The maximum Gasteiger partial charge on any atom is 0.239 e. The fraction of sp³-hybridized carbons (Fsp3) is 0.273. The number of hydrogen-bond donors (Lipinski definition) is 1. The van der Waals surface area contributed by atoms with E-state index in [0.29, 0.717) is 6.42 Å². The molecule has 0 bridgehead atoms. The average Bonchev–Trinajstić information content (AvgIpc) is 2.53. The van der Waals surface area contributed by atoms with Crippen molar-refractivity contribution >= 4 is 17.4 Å². The molecule has 0 radical (unpaired) electrons. The van der Waals surface area contributed by atoms with Gasteiger partial charge in [-0.2, -0.15) is 0 Å². The predicted molar refractivity (Wildman–Crippen MR) is 53.1 cm³/mol. The Bertz CT molecular complexity index is 390. The highest BCUT2D eigenvalue weighted by molar-refractivity contribution is 6.16. The predicted octanol–water partition coefficient (Wildman–Crippen LogP) is 1.70. The average molecular weight is 189 g/mol. The van der Waals surface area contributed by atoms with E-state index >= 15 is 0 Å². The van der Waals surface area contributed by atoms with Crippen molar-refractivity contribution < 1.29 is 9.59 Å². The van der Waals surface area contributed by atoms with Gasteiger partial charge in [0.1, 0.15) is 11.7 Å². The molecule has 0 spiro atoms. The lowest BCUT2D eigenvalue weighted by atomic mass is 9.95. The van der Waals surface area contributed by atoms with Gasteiger partial charge in [0.15, 0.2) is 0 Å². The standard InChI is InChI=1S/C11H11NO2/c1-2-9(13)10-7-5-3-4-6-8(7)12-11(10)14/h3-6,10H,2H2,1H3,(H,12,14). The number of Topliss-reactive ketones (excluding diaryl/α,β-unsaturated/α-hetero) is 1. The highest BCUT2D eigenvalue weighted by Gasteiger charge is 2.34. The summed E-state index contributed by atoms with van der Waals surface area (Å²) < 4.78 is 0. The zero-order chi connectivity index (χ0) is 10.1. The molecule has 3 nitrogen and oxygen atoms in total. The molecule has 0 saturated carbocycles. The number of amides is 1. The molecule has 3 heteroatoms. The van der Waals surface area contributed by atoms with E-state index in [1.54, 1.807) is 6.92 Å². The van der Waals surface area contributed by atoms with Gasteiger partial charge in [-0.1, -0.05) is 25.1 Å². The molecule has 0 fully saturated rings. The summed E-state index contributed by atoms with van der Waals surface area (Å²) in [6.07, 6.45) is 0.395. The lowest BCUT2D eigenvalue weighted by molar-refractivity contribution is -0.127. The van der Waals surface area contributed by atoms with Crippen LogP contribution in [-0.4, -0.2) is 11.7 Å². The van der Waals surface area contributed by atoms with E-state index < -0.39 is 5.92 Å². The molecule has 1 aromatic rings. The number of carbonyl (C=O) groups excluding carboxylic acids is 2. The van der Waals surface area contributed by atoms with Crippen molar-refractivity contribution in [3.63, 3.8) is 0 Å². The molecular formula is C11H11NO2. The largest absolute Gasteiger partial charge is 0.325 e. The molecule has 0 aromatic heterocycles. The number of fused-ring (bicyclic) bond motifs is 1. The van der Waals surface area contributed by atoms with Gasteiger partial charge in [-0.25, -0.2) is 0 Å². The number of para-hydroxylation sites is 1. The van der Waals surface area contributed by atoms with Crippen LogP contribution in [0.5, 0.6) is 0 Å². The van der Waals surface area contributed by atoms with E-state index in [9.17, 15) is 9.59 Å². The van der Waals surface area contributed by atoms with E-state index in [-0.39, 0.29) is 11.7 Å². The fourth-order valence-electron chi connectivity index (χ4n) is 1.73. The van der Waals surface area contributed by atoms with Crippen LogP contribution in [0.2, 0.25) is 0 Å². The molecule has 1 aromatic carbocycles. The van der Waals surface area contributed by atoms with Crippen LogP contribution in [0.1, 0.15) is 24.8 Å². The molecule has 0 saturated heterocycles. The Hall–Kier alpha value is -1.64. The van der Waals surface area contributed by atoms with Crippen LogP contribution in [0.15, 0.2) is 24.3 Å². The van der Waals surface area contributed by atoms with Gasteiger partial charge >= 0.3 is 0 Å². The maximum atomic E-state index is 11.5. The Morgan fingerprint density at radius 2 is 2.14 bits per heavy atom. The van der Waals surface area contributed by atoms with Gasteiger partial charge in [-0.3, -0.25) is 9.59 Å². The normalized spacial score (nSPS) is 18.9. The summed E-state index contributed by atoms with van der Waals surface area (Å²) in [6.45, 7) is 1.77. The van der Waals surface area contributed by atoms with E-state index in [2.05, 4.69) is 5.32 Å². The molecule has 1 amide bonds. The summed E-state index contributed by atoms with van der Waals surface area (Å²) in [5.74, 6) is -0.804. The van der Waals surface area contributed by atoms with Gasteiger partial charge in [-0.15, -0.1) is 0 Å².